The van der Waals surface area contributed by atoms with Crippen LogP contribution in [0.1, 0.15) is 25.5 Å². The molecule has 0 aromatic heterocycles. The zero-order chi connectivity index (χ0) is 13.0. The second kappa shape index (κ2) is 5.57. The van der Waals surface area contributed by atoms with E-state index in [9.17, 15) is 13.6 Å². The smallest absolute Gasteiger partial charge is 0.246 e. The first-order valence-electron chi connectivity index (χ1n) is 5.31. The highest BCUT2D eigenvalue weighted by Gasteiger charge is 2.16. The molecule has 92 valence electrons. The van der Waals surface area contributed by atoms with Gasteiger partial charge in [0.05, 0.1) is 6.04 Å². The van der Waals surface area contributed by atoms with E-state index >= 15 is 0 Å². The molecule has 0 fully saturated rings. The Morgan fingerprint density at radius 2 is 2.00 bits per heavy atom. The molecule has 0 aliphatic rings. The van der Waals surface area contributed by atoms with Gasteiger partial charge in [0.2, 0.25) is 5.91 Å². The first-order chi connectivity index (χ1) is 7.97. The minimum Gasteiger partial charge on any atom is -0.335 e. The van der Waals surface area contributed by atoms with Gasteiger partial charge in [-0.25, -0.2) is 8.78 Å². The summed E-state index contributed by atoms with van der Waals surface area (Å²) in [5.74, 6) is -1.96. The summed E-state index contributed by atoms with van der Waals surface area (Å²) in [4.78, 5) is 13.0. The lowest BCUT2D eigenvalue weighted by molar-refractivity contribution is -0.126. The molecule has 1 atom stereocenters. The standard InChI is InChI=1S/C13H15F2NO/c1-4-5-13(17)16(3)9(2)10-6-7-11(14)12(15)8-10/h4-9H,1-3H3. The third-order valence-corrected chi connectivity index (χ3v) is 2.66. The fraction of sp³-hybridized carbons (Fsp3) is 0.308. The van der Waals surface area contributed by atoms with Crippen LogP contribution < -0.4 is 0 Å². The normalized spacial score (nSPS) is 12.8. The number of hydrogen-bond acceptors (Lipinski definition) is 1. The van der Waals surface area contributed by atoms with Crippen molar-refractivity contribution in [3.05, 3.63) is 47.5 Å². The van der Waals surface area contributed by atoms with Crippen LogP contribution in [0.4, 0.5) is 8.78 Å². The van der Waals surface area contributed by atoms with E-state index in [1.807, 2.05) is 0 Å². The second-order valence-corrected chi connectivity index (χ2v) is 3.80. The average Bonchev–Trinajstić information content (AvgIpc) is 2.31. The van der Waals surface area contributed by atoms with E-state index in [2.05, 4.69) is 0 Å². The van der Waals surface area contributed by atoms with Gasteiger partial charge in [0.1, 0.15) is 0 Å². The zero-order valence-corrected chi connectivity index (χ0v) is 10.1. The summed E-state index contributed by atoms with van der Waals surface area (Å²) in [6, 6.07) is 3.34. The molecule has 0 saturated heterocycles. The highest BCUT2D eigenvalue weighted by molar-refractivity contribution is 5.87. The van der Waals surface area contributed by atoms with Crippen molar-refractivity contribution >= 4 is 5.91 Å². The van der Waals surface area contributed by atoms with Gasteiger partial charge in [-0.15, -0.1) is 0 Å². The summed E-state index contributed by atoms with van der Waals surface area (Å²) in [5, 5.41) is 0. The summed E-state index contributed by atoms with van der Waals surface area (Å²) >= 11 is 0. The molecule has 0 spiro atoms. The number of carbonyl (C=O) groups excluding carboxylic acids is 1. The van der Waals surface area contributed by atoms with Crippen LogP contribution in [0.25, 0.3) is 0 Å². The number of benzene rings is 1. The van der Waals surface area contributed by atoms with Crippen LogP contribution in [-0.2, 0) is 4.79 Å². The summed E-state index contributed by atoms with van der Waals surface area (Å²) < 4.78 is 25.8. The fourth-order valence-corrected chi connectivity index (χ4v) is 1.45. The first kappa shape index (κ1) is 13.4. The van der Waals surface area contributed by atoms with E-state index in [0.717, 1.165) is 12.1 Å². The van der Waals surface area contributed by atoms with Crippen LogP contribution in [-0.4, -0.2) is 17.9 Å². The molecule has 0 radical (unpaired) electrons. The molecular weight excluding hydrogens is 224 g/mol. The Balaban J connectivity index is 2.92. The molecule has 1 aromatic rings. The highest BCUT2D eigenvalue weighted by atomic mass is 19.2. The summed E-state index contributed by atoms with van der Waals surface area (Å²) in [6.45, 7) is 3.50. The van der Waals surface area contributed by atoms with E-state index in [1.54, 1.807) is 27.0 Å². The van der Waals surface area contributed by atoms with Crippen molar-refractivity contribution in [2.45, 2.75) is 19.9 Å². The third kappa shape index (κ3) is 3.12. The minimum absolute atomic E-state index is 0.176. The molecule has 2 nitrogen and oxygen atoms in total. The van der Waals surface area contributed by atoms with Gasteiger partial charge in [0, 0.05) is 7.05 Å². The number of allylic oxidation sites excluding steroid dienone is 1. The largest absolute Gasteiger partial charge is 0.335 e. The molecule has 1 unspecified atom stereocenters. The second-order valence-electron chi connectivity index (χ2n) is 3.80. The molecule has 1 rings (SSSR count). The molecule has 4 heteroatoms. The Morgan fingerprint density at radius 3 is 2.53 bits per heavy atom. The van der Waals surface area contributed by atoms with Crippen LogP contribution in [0.15, 0.2) is 30.4 Å². The number of carbonyl (C=O) groups is 1. The van der Waals surface area contributed by atoms with Crippen LogP contribution in [0.5, 0.6) is 0 Å². The molecule has 0 bridgehead atoms. The number of hydrogen-bond donors (Lipinski definition) is 0. The van der Waals surface area contributed by atoms with Gasteiger partial charge < -0.3 is 4.90 Å². The van der Waals surface area contributed by atoms with Crippen LogP contribution in [0.2, 0.25) is 0 Å². The van der Waals surface area contributed by atoms with Crippen LogP contribution >= 0.6 is 0 Å². The number of amides is 1. The average molecular weight is 239 g/mol. The number of rotatable bonds is 3. The van der Waals surface area contributed by atoms with Crippen molar-refractivity contribution in [1.29, 1.82) is 0 Å². The molecule has 1 amide bonds. The van der Waals surface area contributed by atoms with E-state index < -0.39 is 11.6 Å². The maximum atomic E-state index is 13.1. The van der Waals surface area contributed by atoms with Gasteiger partial charge >= 0.3 is 0 Å². The van der Waals surface area contributed by atoms with Gasteiger partial charge in [0.25, 0.3) is 0 Å². The molecule has 0 saturated carbocycles. The predicted molar refractivity (Wildman–Crippen MR) is 62.4 cm³/mol. The van der Waals surface area contributed by atoms with E-state index in [1.165, 1.54) is 17.0 Å². The van der Waals surface area contributed by atoms with Gasteiger partial charge in [0.15, 0.2) is 11.6 Å². The Morgan fingerprint density at radius 1 is 1.35 bits per heavy atom. The minimum atomic E-state index is -0.902. The van der Waals surface area contributed by atoms with Crippen LogP contribution in [0, 0.1) is 11.6 Å². The maximum Gasteiger partial charge on any atom is 0.246 e. The molecule has 0 N–H and O–H groups in total. The molecule has 0 aliphatic carbocycles. The predicted octanol–water partition coefficient (Wildman–Crippen LogP) is 3.06. The molecule has 1 aromatic carbocycles. The van der Waals surface area contributed by atoms with E-state index in [-0.39, 0.29) is 11.9 Å². The summed E-state index contributed by atoms with van der Waals surface area (Å²) in [5.41, 5.74) is 0.559. The van der Waals surface area contributed by atoms with Crippen molar-refractivity contribution in [1.82, 2.24) is 4.90 Å². The van der Waals surface area contributed by atoms with Crippen molar-refractivity contribution in [3.8, 4) is 0 Å². The van der Waals surface area contributed by atoms with Crippen LogP contribution in [0.3, 0.4) is 0 Å². The first-order valence-corrected chi connectivity index (χ1v) is 5.31. The monoisotopic (exact) mass is 239 g/mol. The van der Waals surface area contributed by atoms with Gasteiger partial charge in [-0.3, -0.25) is 4.79 Å². The maximum absolute atomic E-state index is 13.1. The molecule has 0 aliphatic heterocycles. The van der Waals surface area contributed by atoms with Crippen molar-refractivity contribution in [2.24, 2.45) is 0 Å². The third-order valence-electron chi connectivity index (χ3n) is 2.66. The highest BCUT2D eigenvalue weighted by Crippen LogP contribution is 2.20. The topological polar surface area (TPSA) is 20.3 Å². The lowest BCUT2D eigenvalue weighted by Crippen LogP contribution is -2.28. The van der Waals surface area contributed by atoms with E-state index in [4.69, 9.17) is 0 Å². The fourth-order valence-electron chi connectivity index (χ4n) is 1.45. The molecular formula is C13H15F2NO. The number of halogens is 2. The van der Waals surface area contributed by atoms with Crippen molar-refractivity contribution in [3.63, 3.8) is 0 Å². The Labute approximate surface area is 99.5 Å². The number of nitrogens with zero attached hydrogens (tertiary/aromatic N) is 1. The van der Waals surface area contributed by atoms with Crippen molar-refractivity contribution < 1.29 is 13.6 Å². The quantitative estimate of drug-likeness (QED) is 0.742. The number of likely N-dealkylation sites (N-methyl/N-ethyl adjacent to an activating group) is 1. The van der Waals surface area contributed by atoms with Gasteiger partial charge in [-0.1, -0.05) is 12.1 Å². The zero-order valence-electron chi connectivity index (χ0n) is 10.1. The Bertz CT molecular complexity index is 443. The van der Waals surface area contributed by atoms with Gasteiger partial charge in [-0.2, -0.15) is 0 Å². The summed E-state index contributed by atoms with van der Waals surface area (Å²) in [7, 11) is 1.62. The SMILES string of the molecule is CC=CC(=O)N(C)C(C)c1ccc(F)c(F)c1. The summed E-state index contributed by atoms with van der Waals surface area (Å²) in [6.07, 6.45) is 3.06. The van der Waals surface area contributed by atoms with Gasteiger partial charge in [-0.05, 0) is 37.6 Å². The lowest BCUT2D eigenvalue weighted by atomic mass is 10.1. The molecule has 17 heavy (non-hydrogen) atoms. The Kier molecular flexibility index (Phi) is 4.37. The lowest BCUT2D eigenvalue weighted by Gasteiger charge is -2.24. The Hall–Kier alpha value is -1.71. The van der Waals surface area contributed by atoms with Crippen molar-refractivity contribution in [2.75, 3.05) is 7.05 Å². The van der Waals surface area contributed by atoms with E-state index in [0.29, 0.717) is 5.56 Å². The molecule has 0 heterocycles.